The van der Waals surface area contributed by atoms with Gasteiger partial charge in [-0.25, -0.2) is 0 Å². The van der Waals surface area contributed by atoms with Crippen LogP contribution in [-0.2, 0) is 0 Å². The molecule has 1 saturated heterocycles. The minimum absolute atomic E-state index is 0.294. The summed E-state index contributed by atoms with van der Waals surface area (Å²) in [4.78, 5) is 2.37. The summed E-state index contributed by atoms with van der Waals surface area (Å²) in [6.45, 7) is 6.03. The second kappa shape index (κ2) is 7.12. The summed E-state index contributed by atoms with van der Waals surface area (Å²) in [6.07, 6.45) is 0.989. The summed E-state index contributed by atoms with van der Waals surface area (Å²) < 4.78 is 38.9. The monoisotopic (exact) mass is 292 g/mol. The lowest BCUT2D eigenvalue weighted by atomic mass is 9.84. The highest BCUT2D eigenvalue weighted by molar-refractivity contribution is 4.85. The van der Waals surface area contributed by atoms with E-state index in [-0.39, 0.29) is 6.04 Å². The number of likely N-dealkylation sites (tertiary alicyclic amines) is 1. The van der Waals surface area contributed by atoms with Crippen molar-refractivity contribution in [2.75, 3.05) is 26.2 Å². The number of hydrogen-bond acceptors (Lipinski definition) is 2. The Hall–Kier alpha value is -0.290. The highest BCUT2D eigenvalue weighted by Crippen LogP contribution is 2.37. The molecular formula is C15H27F3N2. The zero-order valence-electron chi connectivity index (χ0n) is 12.4. The summed E-state index contributed by atoms with van der Waals surface area (Å²) in [5.74, 6) is -0.343. The third-order valence-electron chi connectivity index (χ3n) is 4.90. The lowest BCUT2D eigenvalue weighted by molar-refractivity contribution is -0.188. The van der Waals surface area contributed by atoms with Crippen molar-refractivity contribution in [3.63, 3.8) is 0 Å². The molecule has 2 unspecified atom stereocenters. The average Bonchev–Trinajstić information content (AvgIpc) is 2.40. The van der Waals surface area contributed by atoms with Crippen molar-refractivity contribution in [1.29, 1.82) is 0 Å². The molecule has 2 rings (SSSR count). The Morgan fingerprint density at radius 3 is 2.35 bits per heavy atom. The molecule has 20 heavy (non-hydrogen) atoms. The van der Waals surface area contributed by atoms with Crippen molar-refractivity contribution < 1.29 is 13.2 Å². The Kier molecular flexibility index (Phi) is 5.73. The van der Waals surface area contributed by atoms with Gasteiger partial charge in [0, 0.05) is 19.1 Å². The van der Waals surface area contributed by atoms with Crippen molar-refractivity contribution in [1.82, 2.24) is 10.2 Å². The average molecular weight is 292 g/mol. The van der Waals surface area contributed by atoms with Gasteiger partial charge in [-0.15, -0.1) is 0 Å². The summed E-state index contributed by atoms with van der Waals surface area (Å²) in [6, 6.07) is -0.368. The quantitative estimate of drug-likeness (QED) is 0.854. The topological polar surface area (TPSA) is 15.3 Å². The van der Waals surface area contributed by atoms with Crippen molar-refractivity contribution in [3.8, 4) is 0 Å². The van der Waals surface area contributed by atoms with Crippen LogP contribution in [0.4, 0.5) is 13.2 Å². The number of rotatable bonds is 4. The van der Waals surface area contributed by atoms with Gasteiger partial charge in [-0.3, -0.25) is 0 Å². The fourth-order valence-electron chi connectivity index (χ4n) is 3.46. The summed E-state index contributed by atoms with van der Waals surface area (Å²) in [5.41, 5.74) is 0. The van der Waals surface area contributed by atoms with Crippen LogP contribution in [0.3, 0.4) is 0 Å². The van der Waals surface area contributed by atoms with E-state index >= 15 is 0 Å². The van der Waals surface area contributed by atoms with Crippen LogP contribution in [0.2, 0.25) is 0 Å². The van der Waals surface area contributed by atoms with Crippen LogP contribution in [0.1, 0.15) is 45.4 Å². The van der Waals surface area contributed by atoms with Gasteiger partial charge in [0.05, 0.1) is 5.92 Å². The molecule has 1 saturated carbocycles. The predicted molar refractivity (Wildman–Crippen MR) is 74.6 cm³/mol. The second-order valence-electron chi connectivity index (χ2n) is 6.52. The molecule has 0 aromatic carbocycles. The summed E-state index contributed by atoms with van der Waals surface area (Å²) in [7, 11) is 0. The Bertz CT molecular complexity index is 285. The van der Waals surface area contributed by atoms with Gasteiger partial charge in [0.1, 0.15) is 0 Å². The molecule has 5 heteroatoms. The lowest BCUT2D eigenvalue weighted by Gasteiger charge is -2.35. The van der Waals surface area contributed by atoms with E-state index in [4.69, 9.17) is 0 Å². The summed E-state index contributed by atoms with van der Waals surface area (Å²) in [5, 5.41) is 3.18. The van der Waals surface area contributed by atoms with Gasteiger partial charge in [-0.1, -0.05) is 19.8 Å². The van der Waals surface area contributed by atoms with Gasteiger partial charge in [-0.05, 0) is 44.7 Å². The summed E-state index contributed by atoms with van der Waals surface area (Å²) >= 11 is 0. The van der Waals surface area contributed by atoms with Crippen molar-refractivity contribution in [3.05, 3.63) is 0 Å². The van der Waals surface area contributed by atoms with Crippen LogP contribution in [0.15, 0.2) is 0 Å². The first kappa shape index (κ1) is 16.1. The van der Waals surface area contributed by atoms with Crippen LogP contribution < -0.4 is 5.32 Å². The maximum Gasteiger partial charge on any atom is 0.393 e. The Morgan fingerprint density at radius 1 is 1.05 bits per heavy atom. The Labute approximate surface area is 120 Å². The zero-order valence-corrected chi connectivity index (χ0v) is 12.4. The smallest absolute Gasteiger partial charge is 0.312 e. The Balaban J connectivity index is 1.72. The number of nitrogens with zero attached hydrogens (tertiary/aromatic N) is 1. The van der Waals surface area contributed by atoms with E-state index in [0.717, 1.165) is 32.0 Å². The molecular weight excluding hydrogens is 265 g/mol. The number of hydrogen-bond donors (Lipinski definition) is 1. The molecule has 1 aliphatic heterocycles. The van der Waals surface area contributed by atoms with Crippen LogP contribution in [0.5, 0.6) is 0 Å². The standard InChI is InChI=1S/C15H27F3N2/c1-12-6-9-20(10-7-12)11-8-19-14-5-3-2-4-13(14)15(16,17)18/h12-14,19H,2-11H2,1H3. The number of piperidine rings is 1. The van der Waals surface area contributed by atoms with Crippen LogP contribution in [-0.4, -0.2) is 43.3 Å². The van der Waals surface area contributed by atoms with Crippen LogP contribution >= 0.6 is 0 Å². The fraction of sp³-hybridized carbons (Fsp3) is 1.00. The molecule has 0 amide bonds. The Morgan fingerprint density at radius 2 is 1.70 bits per heavy atom. The number of alkyl halides is 3. The first-order valence-electron chi connectivity index (χ1n) is 7.99. The molecule has 1 aliphatic carbocycles. The van der Waals surface area contributed by atoms with Gasteiger partial charge in [0.25, 0.3) is 0 Å². The van der Waals surface area contributed by atoms with E-state index in [1.165, 1.54) is 12.8 Å². The molecule has 1 N–H and O–H groups in total. The first-order valence-corrected chi connectivity index (χ1v) is 7.99. The molecule has 1 heterocycles. The molecule has 2 nitrogen and oxygen atoms in total. The lowest BCUT2D eigenvalue weighted by Crippen LogP contribution is -2.48. The van der Waals surface area contributed by atoms with E-state index in [9.17, 15) is 13.2 Å². The predicted octanol–water partition coefficient (Wildman–Crippen LogP) is 3.43. The molecule has 2 aliphatic rings. The minimum Gasteiger partial charge on any atom is -0.312 e. The molecule has 0 aromatic rings. The minimum atomic E-state index is -4.04. The second-order valence-corrected chi connectivity index (χ2v) is 6.52. The van der Waals surface area contributed by atoms with Crippen molar-refractivity contribution >= 4 is 0 Å². The molecule has 2 atom stereocenters. The molecule has 0 spiro atoms. The SMILES string of the molecule is CC1CCN(CCNC2CCCCC2C(F)(F)F)CC1. The van der Waals surface area contributed by atoms with Gasteiger partial charge < -0.3 is 10.2 Å². The third kappa shape index (κ3) is 4.62. The van der Waals surface area contributed by atoms with E-state index in [0.29, 0.717) is 25.8 Å². The highest BCUT2D eigenvalue weighted by atomic mass is 19.4. The first-order chi connectivity index (χ1) is 9.47. The van der Waals surface area contributed by atoms with Gasteiger partial charge in [0.2, 0.25) is 0 Å². The van der Waals surface area contributed by atoms with Crippen molar-refractivity contribution in [2.24, 2.45) is 11.8 Å². The van der Waals surface area contributed by atoms with E-state index in [1.54, 1.807) is 0 Å². The number of nitrogens with one attached hydrogen (secondary N) is 1. The largest absolute Gasteiger partial charge is 0.393 e. The van der Waals surface area contributed by atoms with E-state index in [2.05, 4.69) is 17.1 Å². The van der Waals surface area contributed by atoms with Crippen molar-refractivity contribution in [2.45, 2.75) is 57.7 Å². The van der Waals surface area contributed by atoms with Crippen LogP contribution in [0, 0.1) is 11.8 Å². The number of halogens is 3. The maximum absolute atomic E-state index is 13.0. The van der Waals surface area contributed by atoms with Crippen LogP contribution in [0.25, 0.3) is 0 Å². The molecule has 0 bridgehead atoms. The molecule has 2 fully saturated rings. The van der Waals surface area contributed by atoms with E-state index in [1.807, 2.05) is 0 Å². The molecule has 0 aromatic heterocycles. The zero-order chi connectivity index (χ0) is 14.6. The van der Waals surface area contributed by atoms with Gasteiger partial charge in [0.15, 0.2) is 0 Å². The maximum atomic E-state index is 13.0. The molecule has 0 radical (unpaired) electrons. The van der Waals surface area contributed by atoms with E-state index < -0.39 is 12.1 Å². The fourth-order valence-corrected chi connectivity index (χ4v) is 3.46. The van der Waals surface area contributed by atoms with Gasteiger partial charge >= 0.3 is 6.18 Å². The third-order valence-corrected chi connectivity index (χ3v) is 4.90. The normalized spacial score (nSPS) is 30.6. The molecule has 118 valence electrons. The van der Waals surface area contributed by atoms with Gasteiger partial charge in [-0.2, -0.15) is 13.2 Å². The highest BCUT2D eigenvalue weighted by Gasteiger charge is 2.45.